The van der Waals surface area contributed by atoms with E-state index in [1.165, 1.54) is 19.1 Å². The topological polar surface area (TPSA) is 70.0 Å². The van der Waals surface area contributed by atoms with Crippen molar-refractivity contribution in [2.45, 2.75) is 91.3 Å². The van der Waals surface area contributed by atoms with E-state index in [1.807, 2.05) is 52.1 Å². The predicted molar refractivity (Wildman–Crippen MR) is 161 cm³/mol. The second kappa shape index (κ2) is 11.7. The molecule has 0 spiro atoms. The van der Waals surface area contributed by atoms with Gasteiger partial charge in [0.15, 0.2) is 0 Å². The summed E-state index contributed by atoms with van der Waals surface area (Å²) in [6.45, 7) is 11.8. The van der Waals surface area contributed by atoms with Gasteiger partial charge in [0.25, 0.3) is 0 Å². The molecule has 0 N–H and O–H groups in total. The Labute approximate surface area is 244 Å². The van der Waals surface area contributed by atoms with E-state index in [0.29, 0.717) is 23.8 Å². The number of benzene rings is 1. The van der Waals surface area contributed by atoms with Crippen LogP contribution in [0.15, 0.2) is 41.6 Å². The van der Waals surface area contributed by atoms with Crippen LogP contribution in [0.25, 0.3) is 10.9 Å². The second-order valence-electron chi connectivity index (χ2n) is 13.2. The number of ether oxygens (including phenoxy) is 3. The second-order valence-corrected chi connectivity index (χ2v) is 13.2. The van der Waals surface area contributed by atoms with E-state index in [9.17, 15) is 9.59 Å². The molecule has 7 nitrogen and oxygen atoms in total. The molecule has 1 aromatic heterocycles. The van der Waals surface area contributed by atoms with Crippen molar-refractivity contribution in [3.63, 3.8) is 0 Å². The summed E-state index contributed by atoms with van der Waals surface area (Å²) < 4.78 is 18.4. The van der Waals surface area contributed by atoms with Crippen LogP contribution in [0.5, 0.6) is 5.75 Å². The Kier molecular flexibility index (Phi) is 8.38. The van der Waals surface area contributed by atoms with Crippen molar-refractivity contribution in [3.8, 4) is 5.75 Å². The van der Waals surface area contributed by atoms with Crippen LogP contribution >= 0.6 is 0 Å². The average molecular weight is 563 g/mol. The van der Waals surface area contributed by atoms with Gasteiger partial charge in [0.1, 0.15) is 11.4 Å². The highest BCUT2D eigenvalue weighted by Crippen LogP contribution is 2.46. The molecule has 4 atom stereocenters. The molecule has 2 fully saturated rings. The maximum Gasteiger partial charge on any atom is 0.419 e. The van der Waals surface area contributed by atoms with E-state index in [1.54, 1.807) is 11.7 Å². The van der Waals surface area contributed by atoms with Crippen LogP contribution in [-0.2, 0) is 20.8 Å². The molecule has 1 aliphatic heterocycles. The molecule has 1 saturated carbocycles. The number of likely N-dealkylation sites (tertiary alicyclic amines) is 1. The van der Waals surface area contributed by atoms with Crippen molar-refractivity contribution in [1.29, 1.82) is 0 Å². The van der Waals surface area contributed by atoms with E-state index in [-0.39, 0.29) is 12.1 Å². The fraction of sp³-hybridized carbons (Fsp3) is 0.588. The van der Waals surface area contributed by atoms with Gasteiger partial charge in [-0.15, -0.1) is 0 Å². The van der Waals surface area contributed by atoms with E-state index in [2.05, 4.69) is 17.9 Å². The molecule has 2 aliphatic carbocycles. The number of hydrogen-bond acceptors (Lipinski definition) is 6. The summed E-state index contributed by atoms with van der Waals surface area (Å²) in [5.74, 6) is 1.99. The summed E-state index contributed by atoms with van der Waals surface area (Å²) >= 11 is 0. The number of piperidine rings is 1. The molecule has 41 heavy (non-hydrogen) atoms. The summed E-state index contributed by atoms with van der Waals surface area (Å²) in [6.07, 6.45) is 12.4. The van der Waals surface area contributed by atoms with Crippen molar-refractivity contribution in [2.75, 3.05) is 20.8 Å². The summed E-state index contributed by atoms with van der Waals surface area (Å²) in [4.78, 5) is 28.4. The van der Waals surface area contributed by atoms with E-state index >= 15 is 0 Å². The van der Waals surface area contributed by atoms with Crippen LogP contribution in [-0.4, -0.2) is 53.9 Å². The minimum Gasteiger partial charge on any atom is -0.496 e. The van der Waals surface area contributed by atoms with Gasteiger partial charge in [-0.3, -0.25) is 9.47 Å². The fourth-order valence-corrected chi connectivity index (χ4v) is 7.36. The van der Waals surface area contributed by atoms with Crippen LogP contribution in [0.3, 0.4) is 0 Å². The van der Waals surface area contributed by atoms with Gasteiger partial charge in [-0.05, 0) is 102 Å². The molecule has 1 saturated heterocycles. The van der Waals surface area contributed by atoms with Crippen LogP contribution in [0.2, 0.25) is 0 Å². The minimum absolute atomic E-state index is 0.211. The third kappa shape index (κ3) is 5.83. The Morgan fingerprint density at radius 2 is 1.90 bits per heavy atom. The quantitative estimate of drug-likeness (QED) is 0.359. The first kappa shape index (κ1) is 29.4. The van der Waals surface area contributed by atoms with Crippen molar-refractivity contribution in [1.82, 2.24) is 9.47 Å². The van der Waals surface area contributed by atoms with E-state index < -0.39 is 5.60 Å². The number of aryl methyl sites for hydroxylation is 1. The smallest absolute Gasteiger partial charge is 0.419 e. The van der Waals surface area contributed by atoms with Gasteiger partial charge in [-0.25, -0.2) is 9.59 Å². The number of carbonyl (C=O) groups excluding carboxylic acids is 2. The summed E-state index contributed by atoms with van der Waals surface area (Å²) in [7, 11) is 3.20. The SMILES string of the molecule is COC(=O)C1=C2CCCCC2C([C@H]2C[C@H](C)CCN2Cc2c(OC)cc(C)c3c2ccn3C(=O)OC(C)(C)C)C=C1. The lowest BCUT2D eigenvalue weighted by Crippen LogP contribution is -2.48. The summed E-state index contributed by atoms with van der Waals surface area (Å²) in [6, 6.07) is 4.42. The van der Waals surface area contributed by atoms with Crippen LogP contribution in [0.1, 0.15) is 77.3 Å². The zero-order valence-electron chi connectivity index (χ0n) is 25.8. The number of allylic oxidation sites excluding steroid dienone is 1. The number of esters is 1. The Hall–Kier alpha value is -3.06. The van der Waals surface area contributed by atoms with Crippen molar-refractivity contribution < 1.29 is 23.8 Å². The average Bonchev–Trinajstić information content (AvgIpc) is 3.39. The van der Waals surface area contributed by atoms with Gasteiger partial charge in [0, 0.05) is 29.7 Å². The monoisotopic (exact) mass is 562 g/mol. The summed E-state index contributed by atoms with van der Waals surface area (Å²) in [5, 5.41) is 1.02. The lowest BCUT2D eigenvalue weighted by atomic mass is 9.67. The highest BCUT2D eigenvalue weighted by molar-refractivity contribution is 5.95. The zero-order valence-corrected chi connectivity index (χ0v) is 25.8. The molecule has 0 radical (unpaired) electrons. The first-order valence-corrected chi connectivity index (χ1v) is 15.2. The van der Waals surface area contributed by atoms with Gasteiger partial charge >= 0.3 is 12.1 Å². The highest BCUT2D eigenvalue weighted by atomic mass is 16.6. The Balaban J connectivity index is 1.51. The van der Waals surface area contributed by atoms with E-state index in [4.69, 9.17) is 14.2 Å². The normalized spacial score (nSPS) is 25.2. The van der Waals surface area contributed by atoms with Gasteiger partial charge in [-0.1, -0.05) is 31.1 Å². The predicted octanol–water partition coefficient (Wildman–Crippen LogP) is 7.19. The van der Waals surface area contributed by atoms with Gasteiger partial charge in [-0.2, -0.15) is 0 Å². The van der Waals surface area contributed by atoms with E-state index in [0.717, 1.165) is 78.5 Å². The summed E-state index contributed by atoms with van der Waals surface area (Å²) in [5.41, 5.74) is 4.43. The number of aromatic nitrogens is 1. The molecule has 5 rings (SSSR count). The van der Waals surface area contributed by atoms with Gasteiger partial charge in [0.2, 0.25) is 0 Å². The highest BCUT2D eigenvalue weighted by Gasteiger charge is 2.41. The fourth-order valence-electron chi connectivity index (χ4n) is 7.36. The number of methoxy groups -OCH3 is 2. The Morgan fingerprint density at radius 1 is 1.12 bits per heavy atom. The lowest BCUT2D eigenvalue weighted by Gasteiger charge is -2.47. The molecule has 222 valence electrons. The maximum absolute atomic E-state index is 13.1. The number of fused-ring (bicyclic) bond motifs is 2. The number of nitrogens with zero attached hydrogens (tertiary/aromatic N) is 2. The standard InChI is InChI=1S/C34H46N2O5/c1-21-14-16-35(29(18-21)25-12-13-27(32(37)40-7)24-11-9-8-10-23(24)25)20-28-26-15-17-36(33(38)41-34(3,4)5)31(26)22(2)19-30(28)39-6/h12-13,15,17,19,21,23,25,29H,8-11,14,16,18,20H2,1-7H3/t21-,23?,25?,29-/m1/s1. The molecular formula is C34H46N2O5. The molecule has 3 aliphatic rings. The number of hydrogen-bond donors (Lipinski definition) is 0. The first-order valence-electron chi connectivity index (χ1n) is 15.2. The molecular weight excluding hydrogens is 516 g/mol. The number of carbonyl (C=O) groups is 2. The first-order chi connectivity index (χ1) is 19.5. The maximum atomic E-state index is 13.1. The molecule has 1 aromatic carbocycles. The van der Waals surface area contributed by atoms with Crippen molar-refractivity contribution >= 4 is 23.0 Å². The molecule has 2 unspecified atom stereocenters. The van der Waals surface area contributed by atoms with Gasteiger partial charge < -0.3 is 14.2 Å². The van der Waals surface area contributed by atoms with Crippen LogP contribution < -0.4 is 4.74 Å². The minimum atomic E-state index is -0.581. The Bertz CT molecular complexity index is 1380. The van der Waals surface area contributed by atoms with Crippen LogP contribution in [0, 0.1) is 24.7 Å². The molecule has 2 aromatic rings. The largest absolute Gasteiger partial charge is 0.496 e. The third-order valence-corrected chi connectivity index (χ3v) is 9.23. The number of rotatable bonds is 5. The zero-order chi connectivity index (χ0) is 29.5. The molecule has 0 amide bonds. The third-order valence-electron chi connectivity index (χ3n) is 9.23. The Morgan fingerprint density at radius 3 is 2.61 bits per heavy atom. The van der Waals surface area contributed by atoms with Crippen molar-refractivity contribution in [2.24, 2.45) is 17.8 Å². The van der Waals surface area contributed by atoms with Crippen LogP contribution in [0.4, 0.5) is 4.79 Å². The van der Waals surface area contributed by atoms with Crippen molar-refractivity contribution in [3.05, 3.63) is 52.8 Å². The molecule has 7 heteroatoms. The lowest BCUT2D eigenvalue weighted by molar-refractivity contribution is -0.135. The molecule has 0 bridgehead atoms. The molecule has 2 heterocycles. The van der Waals surface area contributed by atoms with Gasteiger partial charge in [0.05, 0.1) is 25.3 Å².